The molecule has 1 aliphatic heterocycles. The van der Waals surface area contributed by atoms with Crippen molar-refractivity contribution in [1.82, 2.24) is 5.43 Å². The summed E-state index contributed by atoms with van der Waals surface area (Å²) in [7, 11) is 0. The second kappa shape index (κ2) is 7.40. The number of anilines is 1. The summed E-state index contributed by atoms with van der Waals surface area (Å²) in [6.45, 7) is 1.75. The van der Waals surface area contributed by atoms with Crippen LogP contribution in [-0.4, -0.2) is 23.7 Å². The zero-order chi connectivity index (χ0) is 19.7. The van der Waals surface area contributed by atoms with Gasteiger partial charge in [-0.3, -0.25) is 9.59 Å². The van der Waals surface area contributed by atoms with Gasteiger partial charge in [-0.25, -0.2) is 5.43 Å². The fraction of sp³-hybridized carbons (Fsp3) is 0.100. The molecule has 2 aromatic carbocycles. The standard InChI is InChI=1S/C20H15BrN4O3/c1-12-16(20(27)25(24-12)15-5-3-2-4-6-15)11-22-23-19(26)18-10-13-9-14(21)7-8-17(13)28-18/h2-11,16H,1H3,(H,23,26)/b22-11-. The Kier molecular flexibility index (Phi) is 4.79. The number of rotatable bonds is 4. The first-order valence-electron chi connectivity index (χ1n) is 8.49. The van der Waals surface area contributed by atoms with Crippen LogP contribution < -0.4 is 10.4 Å². The number of furan rings is 1. The van der Waals surface area contributed by atoms with Gasteiger partial charge in [-0.1, -0.05) is 34.1 Å². The number of hydrazone groups is 2. The molecule has 4 rings (SSSR count). The third-order valence-electron chi connectivity index (χ3n) is 4.28. The smallest absolute Gasteiger partial charge is 0.307 e. The maximum absolute atomic E-state index is 12.6. The Balaban J connectivity index is 1.45. The molecule has 1 aliphatic rings. The Hall–Kier alpha value is -3.26. The number of hydrogen-bond acceptors (Lipinski definition) is 5. The summed E-state index contributed by atoms with van der Waals surface area (Å²) < 4.78 is 6.41. The van der Waals surface area contributed by atoms with Gasteiger partial charge in [-0.05, 0) is 43.3 Å². The third kappa shape index (κ3) is 3.46. The number of para-hydroxylation sites is 1. The van der Waals surface area contributed by atoms with Crippen LogP contribution in [-0.2, 0) is 4.79 Å². The van der Waals surface area contributed by atoms with Crippen molar-refractivity contribution in [2.24, 2.45) is 16.1 Å². The van der Waals surface area contributed by atoms with Gasteiger partial charge < -0.3 is 4.42 Å². The molecule has 0 saturated heterocycles. The van der Waals surface area contributed by atoms with Gasteiger partial charge in [-0.2, -0.15) is 15.2 Å². The van der Waals surface area contributed by atoms with Crippen LogP contribution in [0.5, 0.6) is 0 Å². The average Bonchev–Trinajstić information content (AvgIpc) is 3.24. The Morgan fingerprint density at radius 2 is 2.04 bits per heavy atom. The largest absolute Gasteiger partial charge is 0.451 e. The lowest BCUT2D eigenvalue weighted by Crippen LogP contribution is -2.29. The first kappa shape index (κ1) is 18.1. The molecule has 0 bridgehead atoms. The van der Waals surface area contributed by atoms with E-state index in [0.29, 0.717) is 17.0 Å². The molecule has 1 unspecified atom stereocenters. The quantitative estimate of drug-likeness (QED) is 0.493. The van der Waals surface area contributed by atoms with Crippen molar-refractivity contribution in [3.05, 3.63) is 64.8 Å². The molecule has 140 valence electrons. The van der Waals surface area contributed by atoms with Crippen molar-refractivity contribution < 1.29 is 14.0 Å². The van der Waals surface area contributed by atoms with Gasteiger partial charge in [0.2, 0.25) is 0 Å². The molecule has 2 heterocycles. The fourth-order valence-corrected chi connectivity index (χ4v) is 3.24. The monoisotopic (exact) mass is 438 g/mol. The summed E-state index contributed by atoms with van der Waals surface area (Å²) in [5.74, 6) is -1.22. The minimum absolute atomic E-state index is 0.138. The first-order valence-corrected chi connectivity index (χ1v) is 9.29. The number of halogens is 1. The van der Waals surface area contributed by atoms with E-state index < -0.39 is 11.8 Å². The van der Waals surface area contributed by atoms with E-state index in [0.717, 1.165) is 9.86 Å². The number of fused-ring (bicyclic) bond motifs is 1. The molecule has 0 radical (unpaired) electrons. The molecular weight excluding hydrogens is 424 g/mol. The summed E-state index contributed by atoms with van der Waals surface area (Å²) in [5, 5.41) is 10.4. The van der Waals surface area contributed by atoms with Crippen molar-refractivity contribution in [2.45, 2.75) is 6.92 Å². The molecule has 0 aliphatic carbocycles. The minimum Gasteiger partial charge on any atom is -0.451 e. The summed E-state index contributed by atoms with van der Waals surface area (Å²) in [4.78, 5) is 24.9. The Labute approximate surface area is 168 Å². The van der Waals surface area contributed by atoms with Gasteiger partial charge in [0, 0.05) is 16.1 Å². The van der Waals surface area contributed by atoms with E-state index in [1.54, 1.807) is 31.2 Å². The highest BCUT2D eigenvalue weighted by Crippen LogP contribution is 2.24. The fourth-order valence-electron chi connectivity index (χ4n) is 2.86. The number of amides is 2. The van der Waals surface area contributed by atoms with Gasteiger partial charge in [0.25, 0.3) is 5.91 Å². The van der Waals surface area contributed by atoms with Gasteiger partial charge in [0.1, 0.15) is 11.5 Å². The molecule has 2 amide bonds. The van der Waals surface area contributed by atoms with Crippen LogP contribution in [0.1, 0.15) is 17.5 Å². The van der Waals surface area contributed by atoms with Gasteiger partial charge in [-0.15, -0.1) is 0 Å². The summed E-state index contributed by atoms with van der Waals surface area (Å²) >= 11 is 3.38. The molecule has 0 saturated carbocycles. The number of nitrogens with zero attached hydrogens (tertiary/aromatic N) is 3. The van der Waals surface area contributed by atoms with Crippen LogP contribution in [0.4, 0.5) is 5.69 Å². The van der Waals surface area contributed by atoms with Gasteiger partial charge in [0.15, 0.2) is 5.76 Å². The third-order valence-corrected chi connectivity index (χ3v) is 4.77. The van der Waals surface area contributed by atoms with Crippen molar-refractivity contribution in [1.29, 1.82) is 0 Å². The van der Waals surface area contributed by atoms with Crippen molar-refractivity contribution in [3.63, 3.8) is 0 Å². The number of hydrogen-bond donors (Lipinski definition) is 1. The highest BCUT2D eigenvalue weighted by molar-refractivity contribution is 9.10. The van der Waals surface area contributed by atoms with Crippen LogP contribution >= 0.6 is 15.9 Å². The number of benzene rings is 2. The molecule has 28 heavy (non-hydrogen) atoms. The van der Waals surface area contributed by atoms with Crippen LogP contribution in [0, 0.1) is 5.92 Å². The number of carbonyl (C=O) groups excluding carboxylic acids is 2. The first-order chi connectivity index (χ1) is 13.5. The molecule has 1 atom stereocenters. The van der Waals surface area contributed by atoms with Crippen LogP contribution in [0.3, 0.4) is 0 Å². The topological polar surface area (TPSA) is 87.3 Å². The lowest BCUT2D eigenvalue weighted by Gasteiger charge is -2.12. The van der Waals surface area contributed by atoms with Crippen molar-refractivity contribution in [2.75, 3.05) is 5.01 Å². The van der Waals surface area contributed by atoms with E-state index in [-0.39, 0.29) is 11.7 Å². The second-order valence-corrected chi connectivity index (χ2v) is 7.13. The molecule has 8 heteroatoms. The van der Waals surface area contributed by atoms with Crippen LogP contribution in [0.15, 0.2) is 73.7 Å². The Morgan fingerprint density at radius 3 is 2.82 bits per heavy atom. The molecule has 3 aromatic rings. The predicted molar refractivity (Wildman–Crippen MR) is 110 cm³/mol. The van der Waals surface area contributed by atoms with Crippen molar-refractivity contribution >= 4 is 56.3 Å². The normalized spacial score (nSPS) is 16.8. The minimum atomic E-state index is -0.632. The highest BCUT2D eigenvalue weighted by atomic mass is 79.9. The molecular formula is C20H15BrN4O3. The van der Waals surface area contributed by atoms with Crippen LogP contribution in [0.2, 0.25) is 0 Å². The lowest BCUT2D eigenvalue weighted by atomic mass is 10.1. The lowest BCUT2D eigenvalue weighted by molar-refractivity contribution is -0.118. The van der Waals surface area contributed by atoms with Gasteiger partial charge >= 0.3 is 5.91 Å². The zero-order valence-electron chi connectivity index (χ0n) is 14.8. The summed E-state index contributed by atoms with van der Waals surface area (Å²) in [5.41, 5.74) is 4.28. The average molecular weight is 439 g/mol. The predicted octanol–water partition coefficient (Wildman–Crippen LogP) is 3.95. The maximum Gasteiger partial charge on any atom is 0.307 e. The maximum atomic E-state index is 12.6. The molecule has 1 N–H and O–H groups in total. The van der Waals surface area contributed by atoms with E-state index in [2.05, 4.69) is 31.6 Å². The SMILES string of the molecule is CC1=NN(c2ccccc2)C(=O)C1/C=N\NC(=O)c1cc2cc(Br)ccc2o1. The Bertz CT molecular complexity index is 1120. The molecule has 1 aromatic heterocycles. The molecule has 7 nitrogen and oxygen atoms in total. The Morgan fingerprint density at radius 1 is 1.25 bits per heavy atom. The van der Waals surface area contributed by atoms with E-state index in [1.165, 1.54) is 11.2 Å². The van der Waals surface area contributed by atoms with Crippen LogP contribution in [0.25, 0.3) is 11.0 Å². The van der Waals surface area contributed by atoms with E-state index >= 15 is 0 Å². The van der Waals surface area contributed by atoms with E-state index in [9.17, 15) is 9.59 Å². The number of carbonyl (C=O) groups is 2. The molecule has 0 fully saturated rings. The van der Waals surface area contributed by atoms with Crippen molar-refractivity contribution in [3.8, 4) is 0 Å². The number of nitrogens with one attached hydrogen (secondary N) is 1. The van der Waals surface area contributed by atoms with E-state index in [4.69, 9.17) is 4.42 Å². The van der Waals surface area contributed by atoms with E-state index in [1.807, 2.05) is 30.3 Å². The molecule has 0 spiro atoms. The highest BCUT2D eigenvalue weighted by Gasteiger charge is 2.33. The second-order valence-electron chi connectivity index (χ2n) is 6.22. The van der Waals surface area contributed by atoms with Gasteiger partial charge in [0.05, 0.1) is 11.4 Å². The zero-order valence-corrected chi connectivity index (χ0v) is 16.4. The summed E-state index contributed by atoms with van der Waals surface area (Å²) in [6, 6.07) is 16.2. The summed E-state index contributed by atoms with van der Waals surface area (Å²) in [6.07, 6.45) is 1.38.